The third kappa shape index (κ3) is 6.01. The molecule has 0 spiro atoms. The minimum Gasteiger partial charge on any atom is -0.379 e. The fourth-order valence-electron chi connectivity index (χ4n) is 3.41. The summed E-state index contributed by atoms with van der Waals surface area (Å²) in [5.74, 6) is 1.71. The van der Waals surface area contributed by atoms with E-state index in [1.54, 1.807) is 0 Å². The Morgan fingerprint density at radius 1 is 1.28 bits per heavy atom. The topological polar surface area (TPSA) is 48.9 Å². The van der Waals surface area contributed by atoms with Gasteiger partial charge in [0.05, 0.1) is 6.61 Å². The number of benzene rings is 1. The van der Waals surface area contributed by atoms with E-state index in [4.69, 9.17) is 4.74 Å². The van der Waals surface area contributed by atoms with Gasteiger partial charge in [0.25, 0.3) is 0 Å². The van der Waals surface area contributed by atoms with Crippen LogP contribution in [-0.4, -0.2) is 56.3 Å². The van der Waals surface area contributed by atoms with Gasteiger partial charge in [0.1, 0.15) is 0 Å². The van der Waals surface area contributed by atoms with E-state index >= 15 is 0 Å². The summed E-state index contributed by atoms with van der Waals surface area (Å²) in [7, 11) is 1.83. The molecule has 0 amide bonds. The zero-order valence-electron chi connectivity index (χ0n) is 15.6. The quantitative estimate of drug-likeness (QED) is 0.431. The fraction of sp³-hybridized carbons (Fsp3) is 0.650. The van der Waals surface area contributed by atoms with Crippen molar-refractivity contribution in [3.63, 3.8) is 0 Å². The van der Waals surface area contributed by atoms with Crippen molar-refractivity contribution in [1.29, 1.82) is 0 Å². The maximum Gasteiger partial charge on any atom is 0.191 e. The summed E-state index contributed by atoms with van der Waals surface area (Å²) >= 11 is 0. The van der Waals surface area contributed by atoms with Gasteiger partial charge in [0, 0.05) is 45.4 Å². The second kappa shape index (κ2) is 9.20. The number of nitrogens with zero attached hydrogens (tertiary/aromatic N) is 2. The molecule has 2 atom stereocenters. The number of ether oxygens (including phenoxy) is 1. The monoisotopic (exact) mass is 344 g/mol. The largest absolute Gasteiger partial charge is 0.379 e. The lowest BCUT2D eigenvalue weighted by Crippen LogP contribution is -2.45. The van der Waals surface area contributed by atoms with E-state index in [2.05, 4.69) is 57.8 Å². The van der Waals surface area contributed by atoms with Gasteiger partial charge in [-0.25, -0.2) is 0 Å². The third-order valence-electron chi connectivity index (χ3n) is 5.09. The van der Waals surface area contributed by atoms with Crippen LogP contribution in [0.4, 0.5) is 0 Å². The molecule has 2 N–H and O–H groups in total. The van der Waals surface area contributed by atoms with E-state index in [1.807, 2.05) is 7.05 Å². The Bertz CT molecular complexity index is 544. The van der Waals surface area contributed by atoms with Crippen molar-refractivity contribution < 1.29 is 4.74 Å². The van der Waals surface area contributed by atoms with Crippen molar-refractivity contribution in [2.24, 2.45) is 10.9 Å². The molecule has 2 aliphatic rings. The first kappa shape index (κ1) is 18.2. The van der Waals surface area contributed by atoms with Crippen LogP contribution in [0.25, 0.3) is 0 Å². The van der Waals surface area contributed by atoms with E-state index in [9.17, 15) is 0 Å². The molecule has 138 valence electrons. The summed E-state index contributed by atoms with van der Waals surface area (Å²) in [6, 6.07) is 11.7. The highest BCUT2D eigenvalue weighted by Crippen LogP contribution is 2.28. The standard InChI is InChI=1S/C20H32N4O/c1-16-12-19(14-24(16)13-17-6-4-3-5-7-17)23-20(21-2)22-10-11-25-15-18-8-9-18/h3-7,16,18-19H,8-15H2,1-2H3,(H2,21,22,23). The molecule has 0 aromatic heterocycles. The van der Waals surface area contributed by atoms with Crippen molar-refractivity contribution in [3.05, 3.63) is 35.9 Å². The Morgan fingerprint density at radius 3 is 2.80 bits per heavy atom. The van der Waals surface area contributed by atoms with Gasteiger partial charge in [0.2, 0.25) is 0 Å². The van der Waals surface area contributed by atoms with Crippen LogP contribution in [0.1, 0.15) is 31.7 Å². The minimum absolute atomic E-state index is 0.442. The lowest BCUT2D eigenvalue weighted by Gasteiger charge is -2.21. The molecule has 25 heavy (non-hydrogen) atoms. The Morgan fingerprint density at radius 2 is 2.08 bits per heavy atom. The predicted octanol–water partition coefficient (Wildman–Crippen LogP) is 2.24. The fourth-order valence-corrected chi connectivity index (χ4v) is 3.41. The van der Waals surface area contributed by atoms with Gasteiger partial charge in [0.15, 0.2) is 5.96 Å². The molecular weight excluding hydrogens is 312 g/mol. The number of nitrogens with one attached hydrogen (secondary N) is 2. The highest BCUT2D eigenvalue weighted by atomic mass is 16.5. The van der Waals surface area contributed by atoms with Gasteiger partial charge in [-0.1, -0.05) is 30.3 Å². The summed E-state index contributed by atoms with van der Waals surface area (Å²) in [5, 5.41) is 6.93. The molecule has 0 bridgehead atoms. The van der Waals surface area contributed by atoms with E-state index in [0.29, 0.717) is 12.1 Å². The van der Waals surface area contributed by atoms with Crippen LogP contribution in [0.3, 0.4) is 0 Å². The lowest BCUT2D eigenvalue weighted by molar-refractivity contribution is 0.129. The van der Waals surface area contributed by atoms with Gasteiger partial charge in [-0.2, -0.15) is 0 Å². The minimum atomic E-state index is 0.442. The Hall–Kier alpha value is -1.59. The van der Waals surface area contributed by atoms with E-state index < -0.39 is 0 Å². The van der Waals surface area contributed by atoms with Gasteiger partial charge >= 0.3 is 0 Å². The molecule has 1 aliphatic heterocycles. The van der Waals surface area contributed by atoms with Crippen molar-refractivity contribution in [2.45, 2.75) is 44.8 Å². The second-order valence-corrected chi connectivity index (χ2v) is 7.36. The zero-order chi connectivity index (χ0) is 17.5. The molecule has 1 aromatic carbocycles. The first-order valence-corrected chi connectivity index (χ1v) is 9.57. The predicted molar refractivity (Wildman–Crippen MR) is 103 cm³/mol. The molecular formula is C20H32N4O. The SMILES string of the molecule is CN=C(NCCOCC1CC1)NC1CC(C)N(Cc2ccccc2)C1. The molecule has 1 saturated heterocycles. The van der Waals surface area contributed by atoms with Crippen molar-refractivity contribution in [2.75, 3.05) is 33.4 Å². The molecule has 1 aliphatic carbocycles. The average Bonchev–Trinajstić information content (AvgIpc) is 3.38. The van der Waals surface area contributed by atoms with Crippen LogP contribution >= 0.6 is 0 Å². The third-order valence-corrected chi connectivity index (χ3v) is 5.09. The van der Waals surface area contributed by atoms with Crippen LogP contribution in [0, 0.1) is 5.92 Å². The molecule has 1 saturated carbocycles. The highest BCUT2D eigenvalue weighted by Gasteiger charge is 2.29. The lowest BCUT2D eigenvalue weighted by atomic mass is 10.2. The first-order chi connectivity index (χ1) is 12.2. The van der Waals surface area contributed by atoms with Crippen molar-refractivity contribution in [1.82, 2.24) is 15.5 Å². The van der Waals surface area contributed by atoms with E-state index in [-0.39, 0.29) is 0 Å². The Kier molecular flexibility index (Phi) is 6.70. The molecule has 3 rings (SSSR count). The van der Waals surface area contributed by atoms with Crippen LogP contribution in [0.15, 0.2) is 35.3 Å². The number of likely N-dealkylation sites (tertiary alicyclic amines) is 1. The van der Waals surface area contributed by atoms with Gasteiger partial charge in [-0.15, -0.1) is 0 Å². The molecule has 2 fully saturated rings. The number of hydrogen-bond acceptors (Lipinski definition) is 3. The average molecular weight is 345 g/mol. The molecule has 5 heteroatoms. The number of guanidine groups is 1. The normalized spacial score (nSPS) is 24.5. The number of rotatable bonds is 8. The van der Waals surface area contributed by atoms with Crippen LogP contribution in [0.5, 0.6) is 0 Å². The van der Waals surface area contributed by atoms with Gasteiger partial charge in [-0.05, 0) is 37.7 Å². The Balaban J connectivity index is 1.37. The van der Waals surface area contributed by atoms with E-state index in [0.717, 1.165) is 51.1 Å². The molecule has 5 nitrogen and oxygen atoms in total. The summed E-state index contributed by atoms with van der Waals surface area (Å²) < 4.78 is 5.67. The molecule has 0 radical (unpaired) electrons. The molecule has 2 unspecified atom stereocenters. The maximum atomic E-state index is 5.67. The maximum absolute atomic E-state index is 5.67. The van der Waals surface area contributed by atoms with Crippen LogP contribution in [0.2, 0.25) is 0 Å². The smallest absolute Gasteiger partial charge is 0.191 e. The summed E-state index contributed by atoms with van der Waals surface area (Å²) in [6.45, 7) is 6.85. The van der Waals surface area contributed by atoms with E-state index in [1.165, 1.54) is 18.4 Å². The number of hydrogen-bond donors (Lipinski definition) is 2. The molecule has 1 heterocycles. The van der Waals surface area contributed by atoms with Crippen LogP contribution < -0.4 is 10.6 Å². The zero-order valence-corrected chi connectivity index (χ0v) is 15.6. The van der Waals surface area contributed by atoms with Crippen LogP contribution in [-0.2, 0) is 11.3 Å². The summed E-state index contributed by atoms with van der Waals surface area (Å²) in [6.07, 6.45) is 3.83. The first-order valence-electron chi connectivity index (χ1n) is 9.57. The molecule has 1 aromatic rings. The Labute approximate surface area is 151 Å². The second-order valence-electron chi connectivity index (χ2n) is 7.36. The van der Waals surface area contributed by atoms with Crippen molar-refractivity contribution in [3.8, 4) is 0 Å². The number of aliphatic imine (C=N–C) groups is 1. The van der Waals surface area contributed by atoms with Gasteiger partial charge in [-0.3, -0.25) is 9.89 Å². The van der Waals surface area contributed by atoms with Gasteiger partial charge < -0.3 is 15.4 Å². The highest BCUT2D eigenvalue weighted by molar-refractivity contribution is 5.80. The summed E-state index contributed by atoms with van der Waals surface area (Å²) in [5.41, 5.74) is 1.38. The summed E-state index contributed by atoms with van der Waals surface area (Å²) in [4.78, 5) is 6.89. The van der Waals surface area contributed by atoms with Crippen molar-refractivity contribution >= 4 is 5.96 Å².